The minimum Gasteiger partial charge on any atom is -0.481 e. The molecular formula is C21H29N3O3. The van der Waals surface area contributed by atoms with E-state index in [0.717, 1.165) is 29.7 Å². The van der Waals surface area contributed by atoms with Gasteiger partial charge in [-0.25, -0.2) is 0 Å². The Bertz CT molecular complexity index is 794. The molecule has 2 aromatic rings. The highest BCUT2D eigenvalue weighted by Crippen LogP contribution is 2.18. The summed E-state index contributed by atoms with van der Waals surface area (Å²) in [4.78, 5) is 24.1. The molecule has 1 aromatic carbocycles. The summed E-state index contributed by atoms with van der Waals surface area (Å²) in [6, 6.07) is 9.78. The number of carboxylic acids is 1. The molecule has 0 aliphatic rings. The first-order chi connectivity index (χ1) is 12.8. The molecule has 2 rings (SSSR count). The van der Waals surface area contributed by atoms with Gasteiger partial charge in [-0.2, -0.15) is 5.10 Å². The number of carbonyl (C=O) groups excluding carboxylic acids is 1. The maximum atomic E-state index is 12.5. The normalized spacial score (nSPS) is 12.2. The minimum absolute atomic E-state index is 0.0685. The molecule has 1 aromatic heterocycles. The molecule has 6 heteroatoms. The molecule has 146 valence electrons. The summed E-state index contributed by atoms with van der Waals surface area (Å²) in [5, 5.41) is 16.7. The Hall–Kier alpha value is -2.63. The second-order valence-corrected chi connectivity index (χ2v) is 7.02. The highest BCUT2D eigenvalue weighted by molar-refractivity contribution is 5.92. The maximum Gasteiger partial charge on any atom is 0.308 e. The lowest BCUT2D eigenvalue weighted by Crippen LogP contribution is -2.34. The Kier molecular flexibility index (Phi) is 7.16. The van der Waals surface area contributed by atoms with Crippen molar-refractivity contribution >= 4 is 11.9 Å². The van der Waals surface area contributed by atoms with Gasteiger partial charge in [-0.05, 0) is 44.7 Å². The van der Waals surface area contributed by atoms with Crippen molar-refractivity contribution in [1.29, 1.82) is 0 Å². The number of carbonyl (C=O) groups is 2. The van der Waals surface area contributed by atoms with Crippen LogP contribution in [0.2, 0.25) is 0 Å². The predicted molar refractivity (Wildman–Crippen MR) is 105 cm³/mol. The third-order valence-electron chi connectivity index (χ3n) is 4.87. The van der Waals surface area contributed by atoms with Crippen LogP contribution in [0.4, 0.5) is 0 Å². The number of nitrogens with zero attached hydrogens (tertiary/aromatic N) is 2. The molecule has 0 saturated heterocycles. The lowest BCUT2D eigenvalue weighted by Gasteiger charge is -2.15. The van der Waals surface area contributed by atoms with Gasteiger partial charge in [0.25, 0.3) is 5.91 Å². The first-order valence-corrected chi connectivity index (χ1v) is 9.48. The van der Waals surface area contributed by atoms with E-state index >= 15 is 0 Å². The Morgan fingerprint density at radius 3 is 2.48 bits per heavy atom. The average molecular weight is 371 g/mol. The fraction of sp³-hybridized carbons (Fsp3) is 0.476. The summed E-state index contributed by atoms with van der Waals surface area (Å²) < 4.78 is 1.89. The molecule has 0 spiro atoms. The Morgan fingerprint density at radius 1 is 1.19 bits per heavy atom. The number of aliphatic carboxylic acids is 1. The number of rotatable bonds is 9. The lowest BCUT2D eigenvalue weighted by molar-refractivity contribution is -0.141. The van der Waals surface area contributed by atoms with Crippen LogP contribution < -0.4 is 5.32 Å². The maximum absolute atomic E-state index is 12.5. The number of hydrogen-bond acceptors (Lipinski definition) is 3. The van der Waals surface area contributed by atoms with E-state index in [2.05, 4.69) is 24.3 Å². The van der Waals surface area contributed by atoms with Gasteiger partial charge in [0.1, 0.15) is 5.69 Å². The number of amides is 1. The molecule has 6 nitrogen and oxygen atoms in total. The molecule has 0 saturated carbocycles. The van der Waals surface area contributed by atoms with E-state index in [1.165, 1.54) is 0 Å². The Morgan fingerprint density at radius 2 is 1.89 bits per heavy atom. The van der Waals surface area contributed by atoms with Crippen LogP contribution in [0.15, 0.2) is 30.3 Å². The van der Waals surface area contributed by atoms with Crippen LogP contribution >= 0.6 is 0 Å². The molecule has 1 amide bonds. The van der Waals surface area contributed by atoms with Crippen molar-refractivity contribution in [1.82, 2.24) is 15.1 Å². The van der Waals surface area contributed by atoms with E-state index in [1.807, 2.05) is 42.8 Å². The van der Waals surface area contributed by atoms with Crippen molar-refractivity contribution < 1.29 is 14.7 Å². The molecule has 27 heavy (non-hydrogen) atoms. The van der Waals surface area contributed by atoms with Gasteiger partial charge in [0, 0.05) is 12.2 Å². The zero-order valence-electron chi connectivity index (χ0n) is 16.5. The zero-order chi connectivity index (χ0) is 20.0. The fourth-order valence-corrected chi connectivity index (χ4v) is 3.28. The van der Waals surface area contributed by atoms with Gasteiger partial charge in [-0.3, -0.25) is 14.3 Å². The van der Waals surface area contributed by atoms with E-state index in [4.69, 9.17) is 0 Å². The highest BCUT2D eigenvalue weighted by Gasteiger charge is 2.21. The van der Waals surface area contributed by atoms with Crippen molar-refractivity contribution in [2.45, 2.75) is 53.0 Å². The van der Waals surface area contributed by atoms with E-state index in [-0.39, 0.29) is 18.5 Å². The standard InChI is InChI=1S/C21H29N3O3/c1-5-18(6-2)24-15(4)11-19(23-24)20(25)22-13-17(21(26)27)12-16-9-7-8-14(3)10-16/h7-11,17-18H,5-6,12-13H2,1-4H3,(H,22,25)(H,26,27). The van der Waals surface area contributed by atoms with Gasteiger partial charge >= 0.3 is 5.97 Å². The van der Waals surface area contributed by atoms with Crippen LogP contribution in [-0.2, 0) is 11.2 Å². The van der Waals surface area contributed by atoms with Crippen LogP contribution in [0.3, 0.4) is 0 Å². The van der Waals surface area contributed by atoms with Gasteiger partial charge in [0.05, 0.1) is 12.0 Å². The summed E-state index contributed by atoms with van der Waals surface area (Å²) in [5.41, 5.74) is 3.30. The summed E-state index contributed by atoms with van der Waals surface area (Å²) in [5.74, 6) is -1.94. The first kappa shape index (κ1) is 20.7. The van der Waals surface area contributed by atoms with Crippen molar-refractivity contribution in [3.05, 3.63) is 52.8 Å². The summed E-state index contributed by atoms with van der Waals surface area (Å²) in [7, 11) is 0. The van der Waals surface area contributed by atoms with Crippen LogP contribution in [0.25, 0.3) is 0 Å². The smallest absolute Gasteiger partial charge is 0.308 e. The molecule has 0 aliphatic heterocycles. The predicted octanol–water partition coefficient (Wildman–Crippen LogP) is 3.53. The number of hydrogen-bond donors (Lipinski definition) is 2. The molecule has 1 atom stereocenters. The summed E-state index contributed by atoms with van der Waals surface area (Å²) in [6.45, 7) is 8.16. The van der Waals surface area contributed by atoms with Crippen LogP contribution in [0.5, 0.6) is 0 Å². The third kappa shape index (κ3) is 5.42. The van der Waals surface area contributed by atoms with Crippen molar-refractivity contribution in [2.24, 2.45) is 5.92 Å². The van der Waals surface area contributed by atoms with Crippen molar-refractivity contribution in [3.63, 3.8) is 0 Å². The Labute approximate surface area is 160 Å². The quantitative estimate of drug-likeness (QED) is 0.706. The van der Waals surface area contributed by atoms with Gasteiger partial charge in [-0.15, -0.1) is 0 Å². The second-order valence-electron chi connectivity index (χ2n) is 7.02. The molecular weight excluding hydrogens is 342 g/mol. The number of aromatic nitrogens is 2. The topological polar surface area (TPSA) is 84.2 Å². The largest absolute Gasteiger partial charge is 0.481 e. The molecule has 2 N–H and O–H groups in total. The van der Waals surface area contributed by atoms with Gasteiger partial charge < -0.3 is 10.4 Å². The fourth-order valence-electron chi connectivity index (χ4n) is 3.28. The number of benzene rings is 1. The number of carboxylic acid groups (broad SMARTS) is 1. The Balaban J connectivity index is 2.03. The van der Waals surface area contributed by atoms with Crippen LogP contribution in [0.1, 0.15) is 60.0 Å². The first-order valence-electron chi connectivity index (χ1n) is 9.48. The molecule has 0 aliphatic carbocycles. The average Bonchev–Trinajstić information content (AvgIpc) is 3.01. The van der Waals surface area contributed by atoms with Crippen LogP contribution in [0, 0.1) is 19.8 Å². The third-order valence-corrected chi connectivity index (χ3v) is 4.87. The lowest BCUT2D eigenvalue weighted by atomic mass is 9.98. The molecule has 1 unspecified atom stereocenters. The summed E-state index contributed by atoms with van der Waals surface area (Å²) >= 11 is 0. The van der Waals surface area contributed by atoms with Gasteiger partial charge in [-0.1, -0.05) is 43.7 Å². The minimum atomic E-state index is -0.921. The van der Waals surface area contributed by atoms with Gasteiger partial charge in [0.2, 0.25) is 0 Å². The van der Waals surface area contributed by atoms with Crippen molar-refractivity contribution in [2.75, 3.05) is 6.54 Å². The monoisotopic (exact) mass is 371 g/mol. The van der Waals surface area contributed by atoms with E-state index in [0.29, 0.717) is 12.1 Å². The SMILES string of the molecule is CCC(CC)n1nc(C(=O)NCC(Cc2cccc(C)c2)C(=O)O)cc1C. The molecule has 0 radical (unpaired) electrons. The van der Waals surface area contributed by atoms with Gasteiger partial charge in [0.15, 0.2) is 0 Å². The van der Waals surface area contributed by atoms with E-state index in [1.54, 1.807) is 6.07 Å². The number of nitrogens with one attached hydrogen (secondary N) is 1. The highest BCUT2D eigenvalue weighted by atomic mass is 16.4. The van der Waals surface area contributed by atoms with E-state index in [9.17, 15) is 14.7 Å². The summed E-state index contributed by atoms with van der Waals surface area (Å²) in [6.07, 6.45) is 2.26. The molecule has 0 bridgehead atoms. The molecule has 1 heterocycles. The van der Waals surface area contributed by atoms with Crippen LogP contribution in [-0.4, -0.2) is 33.3 Å². The second kappa shape index (κ2) is 9.35. The van der Waals surface area contributed by atoms with E-state index < -0.39 is 11.9 Å². The molecule has 0 fully saturated rings. The van der Waals surface area contributed by atoms with Crippen molar-refractivity contribution in [3.8, 4) is 0 Å². The number of aryl methyl sites for hydroxylation is 2. The zero-order valence-corrected chi connectivity index (χ0v) is 16.5.